The monoisotopic (exact) mass is 430 g/mol. The van der Waals surface area contributed by atoms with Gasteiger partial charge in [0.05, 0.1) is 0 Å². The zero-order chi connectivity index (χ0) is 22.3. The second kappa shape index (κ2) is 11.0. The summed E-state index contributed by atoms with van der Waals surface area (Å²) < 4.78 is 16.2. The maximum atomic E-state index is 12.4. The molecule has 0 aromatic carbocycles. The predicted octanol–water partition coefficient (Wildman–Crippen LogP) is 3.15. The molecule has 0 spiro atoms. The molecule has 0 aliphatic carbocycles. The number of rotatable bonds is 12. The highest BCUT2D eigenvalue weighted by molar-refractivity contribution is 6.60. The predicted molar refractivity (Wildman–Crippen MR) is 117 cm³/mol. The summed E-state index contributed by atoms with van der Waals surface area (Å²) in [4.78, 5) is 26.9. The molecule has 1 aliphatic heterocycles. The molecule has 0 aromatic heterocycles. The number of carbonyl (C=O) groups excluding carboxylic acids is 2. The zero-order valence-corrected chi connectivity index (χ0v) is 20.7. The quantitative estimate of drug-likeness (QED) is 0.379. The van der Waals surface area contributed by atoms with Crippen LogP contribution in [0.5, 0.6) is 0 Å². The summed E-state index contributed by atoms with van der Waals surface area (Å²) in [6, 6.07) is 0.834. The number of hydrogen-bond acceptors (Lipinski definition) is 6. The van der Waals surface area contributed by atoms with Gasteiger partial charge in [-0.25, -0.2) is 0 Å². The fourth-order valence-electron chi connectivity index (χ4n) is 4.37. The van der Waals surface area contributed by atoms with Crippen LogP contribution in [0.2, 0.25) is 6.04 Å². The molecule has 0 bridgehead atoms. The van der Waals surface area contributed by atoms with Gasteiger partial charge < -0.3 is 18.6 Å². The van der Waals surface area contributed by atoms with Crippen molar-refractivity contribution in [3.63, 3.8) is 0 Å². The smallest absolute Gasteiger partial charge is 0.377 e. The van der Waals surface area contributed by atoms with Crippen LogP contribution in [0, 0.1) is 0 Å². The van der Waals surface area contributed by atoms with Gasteiger partial charge in [-0.05, 0) is 60.4 Å². The van der Waals surface area contributed by atoms with Gasteiger partial charge >= 0.3 is 8.80 Å². The summed E-state index contributed by atoms with van der Waals surface area (Å²) in [5.41, 5.74) is 0.0569. The summed E-state index contributed by atoms with van der Waals surface area (Å²) in [6.07, 6.45) is 4.42. The van der Waals surface area contributed by atoms with E-state index in [4.69, 9.17) is 13.3 Å². The zero-order valence-electron chi connectivity index (χ0n) is 19.7. The van der Waals surface area contributed by atoms with E-state index in [0.29, 0.717) is 18.9 Å². The van der Waals surface area contributed by atoms with Gasteiger partial charge in [-0.1, -0.05) is 0 Å². The van der Waals surface area contributed by atoms with Gasteiger partial charge in [0.2, 0.25) is 5.91 Å². The molecule has 0 atom stereocenters. The Hall–Kier alpha value is -0.803. The van der Waals surface area contributed by atoms with Crippen LogP contribution in [0.1, 0.15) is 72.6 Å². The highest BCUT2D eigenvalue weighted by Gasteiger charge is 2.43. The largest absolute Gasteiger partial charge is 0.500 e. The number of Topliss-reactive ketones (excluding diaryl/α,β-unsaturated/α-hetero) is 1. The fraction of sp³-hybridized carbons (Fsp3) is 0.905. The van der Waals surface area contributed by atoms with Crippen LogP contribution in [-0.4, -0.2) is 70.9 Å². The van der Waals surface area contributed by atoms with Gasteiger partial charge in [-0.2, -0.15) is 0 Å². The van der Waals surface area contributed by atoms with Crippen LogP contribution in [0.25, 0.3) is 0 Å². The summed E-state index contributed by atoms with van der Waals surface area (Å²) in [5.74, 6) is 0.104. The van der Waals surface area contributed by atoms with Crippen LogP contribution < -0.4 is 5.32 Å². The highest BCUT2D eigenvalue weighted by atomic mass is 28.4. The summed E-state index contributed by atoms with van der Waals surface area (Å²) in [7, 11) is 4.37. The van der Waals surface area contributed by atoms with Gasteiger partial charge in [0.1, 0.15) is 5.78 Å². The number of hydrogen-bond donors (Lipinski definition) is 1. The van der Waals surface area contributed by atoms with E-state index < -0.39 is 8.80 Å². The topological polar surface area (TPSA) is 77.1 Å². The molecule has 0 radical (unpaired) electrons. The number of carbonyl (C=O) groups is 2. The van der Waals surface area contributed by atoms with Crippen LogP contribution >= 0.6 is 0 Å². The van der Waals surface area contributed by atoms with Gasteiger partial charge in [-0.15, -0.1) is 0 Å². The SMILES string of the molecule is CO[Si](CCCCC(=O)CCC(=O)NC1CC(C)(C)N(C)C(C)(C)C1)(OC)OC. The van der Waals surface area contributed by atoms with Crippen molar-refractivity contribution >= 4 is 20.5 Å². The highest BCUT2D eigenvalue weighted by Crippen LogP contribution is 2.36. The Morgan fingerprint density at radius 3 is 1.93 bits per heavy atom. The Balaban J connectivity index is 2.33. The van der Waals surface area contributed by atoms with E-state index >= 15 is 0 Å². The number of nitrogens with zero attached hydrogens (tertiary/aromatic N) is 1. The van der Waals surface area contributed by atoms with E-state index in [0.717, 1.165) is 25.7 Å². The van der Waals surface area contributed by atoms with Crippen molar-refractivity contribution in [1.82, 2.24) is 10.2 Å². The summed E-state index contributed by atoms with van der Waals surface area (Å²) in [6.45, 7) is 8.85. The van der Waals surface area contributed by atoms with Crippen molar-refractivity contribution in [1.29, 1.82) is 0 Å². The fourth-order valence-corrected chi connectivity index (χ4v) is 6.17. The van der Waals surface area contributed by atoms with Gasteiger partial charge in [0, 0.05) is 63.8 Å². The van der Waals surface area contributed by atoms with E-state index in [1.54, 1.807) is 21.3 Å². The number of likely N-dealkylation sites (tertiary alicyclic amines) is 1. The molecule has 8 heteroatoms. The molecule has 7 nitrogen and oxygen atoms in total. The first-order chi connectivity index (χ1) is 13.4. The molecule has 1 rings (SSSR count). The Bertz CT molecular complexity index is 523. The molecule has 170 valence electrons. The molecular weight excluding hydrogens is 388 g/mol. The first-order valence-corrected chi connectivity index (χ1v) is 12.5. The number of nitrogens with one attached hydrogen (secondary N) is 1. The van der Waals surface area contributed by atoms with E-state index in [2.05, 4.69) is 45.0 Å². The second-order valence-corrected chi connectivity index (χ2v) is 12.5. The molecule has 29 heavy (non-hydrogen) atoms. The first-order valence-electron chi connectivity index (χ1n) is 10.6. The molecule has 1 N–H and O–H groups in total. The van der Waals surface area contributed by atoms with Crippen LogP contribution in [0.4, 0.5) is 0 Å². The molecule has 1 aliphatic rings. The third kappa shape index (κ3) is 7.75. The number of amides is 1. The van der Waals surface area contributed by atoms with Crippen molar-refractivity contribution in [2.24, 2.45) is 0 Å². The minimum atomic E-state index is -2.56. The maximum Gasteiger partial charge on any atom is 0.500 e. The second-order valence-electron chi connectivity index (χ2n) is 9.40. The number of ketones is 1. The van der Waals surface area contributed by atoms with E-state index in [-0.39, 0.29) is 35.2 Å². The van der Waals surface area contributed by atoms with Crippen molar-refractivity contribution in [2.75, 3.05) is 28.4 Å². The van der Waals surface area contributed by atoms with Crippen LogP contribution in [0.15, 0.2) is 0 Å². The average molecular weight is 431 g/mol. The van der Waals surface area contributed by atoms with Crippen LogP contribution in [0.3, 0.4) is 0 Å². The molecule has 1 amide bonds. The summed E-state index contributed by atoms with van der Waals surface area (Å²) >= 11 is 0. The molecule has 1 fully saturated rings. The maximum absolute atomic E-state index is 12.4. The van der Waals surface area contributed by atoms with E-state index in [1.165, 1.54) is 0 Å². The van der Waals surface area contributed by atoms with Crippen molar-refractivity contribution < 1.29 is 22.9 Å². The van der Waals surface area contributed by atoms with Crippen molar-refractivity contribution in [3.05, 3.63) is 0 Å². The number of unbranched alkanes of at least 4 members (excludes halogenated alkanes) is 1. The Kier molecular flexibility index (Phi) is 9.95. The van der Waals surface area contributed by atoms with Crippen LogP contribution in [-0.2, 0) is 22.9 Å². The lowest BCUT2D eigenvalue weighted by atomic mass is 9.77. The molecular formula is C21H42N2O5Si. The lowest BCUT2D eigenvalue weighted by Gasteiger charge is -2.53. The Labute approximate surface area is 178 Å². The minimum Gasteiger partial charge on any atom is -0.377 e. The molecule has 0 saturated carbocycles. The first kappa shape index (κ1) is 26.2. The van der Waals surface area contributed by atoms with E-state index in [9.17, 15) is 9.59 Å². The Morgan fingerprint density at radius 2 is 1.45 bits per heavy atom. The summed E-state index contributed by atoms with van der Waals surface area (Å²) in [5, 5.41) is 3.15. The van der Waals surface area contributed by atoms with Gasteiger partial charge in [0.15, 0.2) is 0 Å². The van der Waals surface area contributed by atoms with E-state index in [1.807, 2.05) is 0 Å². The number of piperidine rings is 1. The lowest BCUT2D eigenvalue weighted by molar-refractivity contribution is -0.127. The minimum absolute atomic E-state index is 0.0240. The lowest BCUT2D eigenvalue weighted by Crippen LogP contribution is -2.62. The molecule has 0 unspecified atom stereocenters. The third-order valence-corrected chi connectivity index (χ3v) is 9.26. The molecule has 0 aromatic rings. The molecule has 1 saturated heterocycles. The molecule has 1 heterocycles. The Morgan fingerprint density at radius 1 is 0.931 bits per heavy atom. The van der Waals surface area contributed by atoms with Gasteiger partial charge in [-0.3, -0.25) is 14.5 Å². The third-order valence-electron chi connectivity index (χ3n) is 6.43. The average Bonchev–Trinajstić information content (AvgIpc) is 2.64. The van der Waals surface area contributed by atoms with Crippen molar-refractivity contribution in [2.45, 2.75) is 95.8 Å². The van der Waals surface area contributed by atoms with Crippen molar-refractivity contribution in [3.8, 4) is 0 Å². The normalized spacial score (nSPS) is 19.9. The standard InChI is InChI=1S/C21H42N2O5Si/c1-20(2)15-17(16-21(3,4)23(20)5)22-19(25)13-12-18(24)11-9-10-14-29(26-6,27-7)28-8/h17H,9-16H2,1-8H3,(H,22,25). The van der Waals surface area contributed by atoms with Gasteiger partial charge in [0.25, 0.3) is 0 Å².